The van der Waals surface area contributed by atoms with Crippen LogP contribution in [0.15, 0.2) is 30.3 Å². The van der Waals surface area contributed by atoms with Gasteiger partial charge in [0.1, 0.15) is 5.82 Å². The van der Waals surface area contributed by atoms with Crippen molar-refractivity contribution in [3.63, 3.8) is 0 Å². The minimum Gasteiger partial charge on any atom is -0.376 e. The fraction of sp³-hybridized carbons (Fsp3) is 0.478. The van der Waals surface area contributed by atoms with E-state index in [4.69, 9.17) is 9.47 Å². The van der Waals surface area contributed by atoms with Crippen molar-refractivity contribution < 1.29 is 22.6 Å². The van der Waals surface area contributed by atoms with Crippen LogP contribution in [0, 0.1) is 17.5 Å². The maximum absolute atomic E-state index is 14.7. The number of hydrogen-bond acceptors (Lipinski definition) is 2. The van der Waals surface area contributed by atoms with Gasteiger partial charge in [-0.1, -0.05) is 44.5 Å². The molecule has 1 saturated heterocycles. The van der Waals surface area contributed by atoms with Crippen molar-refractivity contribution in [3.05, 3.63) is 58.9 Å². The third-order valence-electron chi connectivity index (χ3n) is 5.13. The first-order valence-corrected chi connectivity index (χ1v) is 10.0. The molecule has 0 N–H and O–H groups in total. The topological polar surface area (TPSA) is 18.5 Å². The van der Waals surface area contributed by atoms with Crippen LogP contribution in [-0.4, -0.2) is 19.3 Å². The molecule has 1 fully saturated rings. The van der Waals surface area contributed by atoms with Gasteiger partial charge in [0.2, 0.25) is 0 Å². The van der Waals surface area contributed by atoms with Crippen LogP contribution in [0.3, 0.4) is 0 Å². The van der Waals surface area contributed by atoms with Crippen molar-refractivity contribution in [1.82, 2.24) is 0 Å². The summed E-state index contributed by atoms with van der Waals surface area (Å²) in [5.41, 5.74) is 1.03. The number of rotatable bonds is 7. The van der Waals surface area contributed by atoms with Crippen LogP contribution in [0.5, 0.6) is 0 Å². The fourth-order valence-corrected chi connectivity index (χ4v) is 3.62. The Bertz CT molecular complexity index is 799. The van der Waals surface area contributed by atoms with Crippen LogP contribution < -0.4 is 0 Å². The second kappa shape index (κ2) is 9.57. The highest BCUT2D eigenvalue weighted by Crippen LogP contribution is 2.34. The van der Waals surface area contributed by atoms with E-state index in [0.717, 1.165) is 19.3 Å². The van der Waals surface area contributed by atoms with Gasteiger partial charge < -0.3 is 9.47 Å². The normalized spacial score (nSPS) is 19.8. The molecule has 2 unspecified atom stereocenters. The van der Waals surface area contributed by atoms with Crippen LogP contribution in [-0.2, 0) is 15.9 Å². The molecule has 1 aliphatic rings. The smallest absolute Gasteiger partial charge is 0.167 e. The zero-order valence-electron chi connectivity index (χ0n) is 16.4. The molecule has 0 radical (unpaired) electrons. The SMILES string of the molecule is CCCOC1CCC(c2ccc(-c3ccc(CCC)c(F)c3F)c(F)c2)OC1. The van der Waals surface area contributed by atoms with Crippen molar-refractivity contribution >= 4 is 0 Å². The van der Waals surface area contributed by atoms with Crippen LogP contribution >= 0.6 is 0 Å². The van der Waals surface area contributed by atoms with Gasteiger partial charge in [0.05, 0.1) is 18.8 Å². The van der Waals surface area contributed by atoms with Crippen LogP contribution in [0.1, 0.15) is 56.8 Å². The first-order valence-electron chi connectivity index (χ1n) is 10.0. The summed E-state index contributed by atoms with van der Waals surface area (Å²) in [7, 11) is 0. The second-order valence-corrected chi connectivity index (χ2v) is 7.28. The van der Waals surface area contributed by atoms with Crippen molar-refractivity contribution in [2.24, 2.45) is 0 Å². The lowest BCUT2D eigenvalue weighted by atomic mass is 9.95. The Labute approximate surface area is 164 Å². The molecule has 2 atom stereocenters. The maximum Gasteiger partial charge on any atom is 0.167 e. The third kappa shape index (κ3) is 4.58. The van der Waals surface area contributed by atoms with Crippen LogP contribution in [0.2, 0.25) is 0 Å². The summed E-state index contributed by atoms with van der Waals surface area (Å²) in [5, 5.41) is 0. The Hall–Kier alpha value is -1.85. The lowest BCUT2D eigenvalue weighted by Gasteiger charge is -2.29. The third-order valence-corrected chi connectivity index (χ3v) is 5.13. The molecule has 0 aromatic heterocycles. The van der Waals surface area contributed by atoms with Gasteiger partial charge in [0.15, 0.2) is 11.6 Å². The average molecular weight is 392 g/mol. The molecule has 2 aromatic rings. The Morgan fingerprint density at radius 1 is 0.964 bits per heavy atom. The van der Waals surface area contributed by atoms with E-state index in [1.165, 1.54) is 24.3 Å². The molecule has 3 rings (SSSR count). The zero-order chi connectivity index (χ0) is 20.1. The van der Waals surface area contributed by atoms with Gasteiger partial charge >= 0.3 is 0 Å². The summed E-state index contributed by atoms with van der Waals surface area (Å²) in [5.74, 6) is -2.47. The lowest BCUT2D eigenvalue weighted by molar-refractivity contribution is -0.0866. The van der Waals surface area contributed by atoms with E-state index in [-0.39, 0.29) is 23.3 Å². The lowest BCUT2D eigenvalue weighted by Crippen LogP contribution is -2.27. The molecule has 0 saturated carbocycles. The number of ether oxygens (including phenoxy) is 2. The summed E-state index contributed by atoms with van der Waals surface area (Å²) < 4.78 is 55.0. The summed E-state index contributed by atoms with van der Waals surface area (Å²) in [6.45, 7) is 5.14. The number of halogens is 3. The number of hydrogen-bond donors (Lipinski definition) is 0. The highest BCUT2D eigenvalue weighted by atomic mass is 19.2. The summed E-state index contributed by atoms with van der Waals surface area (Å²) in [6, 6.07) is 7.59. The minimum atomic E-state index is -0.998. The van der Waals surface area contributed by atoms with E-state index in [1.807, 2.05) is 6.92 Å². The van der Waals surface area contributed by atoms with Crippen molar-refractivity contribution in [2.45, 2.75) is 58.2 Å². The fourth-order valence-electron chi connectivity index (χ4n) is 3.62. The Morgan fingerprint density at radius 2 is 1.75 bits per heavy atom. The van der Waals surface area contributed by atoms with Gasteiger partial charge in [-0.05, 0) is 42.9 Å². The molecule has 0 aliphatic carbocycles. The molecule has 0 spiro atoms. The molecule has 1 aliphatic heterocycles. The van der Waals surface area contributed by atoms with Crippen LogP contribution in [0.25, 0.3) is 11.1 Å². The monoisotopic (exact) mass is 392 g/mol. The van der Waals surface area contributed by atoms with E-state index >= 15 is 0 Å². The van der Waals surface area contributed by atoms with Gasteiger partial charge in [-0.3, -0.25) is 0 Å². The van der Waals surface area contributed by atoms with Gasteiger partial charge in [-0.2, -0.15) is 0 Å². The first-order chi connectivity index (χ1) is 13.5. The highest BCUT2D eigenvalue weighted by Gasteiger charge is 2.25. The standard InChI is InChI=1S/C23H27F3O2/c1-3-5-15-6-10-19(23(26)22(15)25)18-9-7-16(13-20(18)24)21-11-8-17(14-28-21)27-12-4-2/h6-7,9-10,13,17,21H,3-5,8,11-12,14H2,1-2H3. The van der Waals surface area contributed by atoms with Gasteiger partial charge in [0.25, 0.3) is 0 Å². The zero-order valence-corrected chi connectivity index (χ0v) is 16.4. The van der Waals surface area contributed by atoms with Gasteiger partial charge in [-0.15, -0.1) is 0 Å². The number of benzene rings is 2. The molecule has 28 heavy (non-hydrogen) atoms. The minimum absolute atomic E-state index is 0.0565. The Morgan fingerprint density at radius 3 is 2.39 bits per heavy atom. The van der Waals surface area contributed by atoms with Crippen molar-refractivity contribution in [3.8, 4) is 11.1 Å². The molecule has 2 nitrogen and oxygen atoms in total. The predicted molar refractivity (Wildman–Crippen MR) is 104 cm³/mol. The largest absolute Gasteiger partial charge is 0.376 e. The molecule has 0 amide bonds. The second-order valence-electron chi connectivity index (χ2n) is 7.28. The summed E-state index contributed by atoms with van der Waals surface area (Å²) >= 11 is 0. The summed E-state index contributed by atoms with van der Waals surface area (Å²) in [6.07, 6.45) is 3.59. The quantitative estimate of drug-likeness (QED) is 0.545. The Balaban J connectivity index is 1.76. The van der Waals surface area contributed by atoms with Crippen LogP contribution in [0.4, 0.5) is 13.2 Å². The summed E-state index contributed by atoms with van der Waals surface area (Å²) in [4.78, 5) is 0. The first kappa shape index (κ1) is 20.9. The maximum atomic E-state index is 14.7. The van der Waals surface area contributed by atoms with Gasteiger partial charge in [-0.25, -0.2) is 13.2 Å². The van der Waals surface area contributed by atoms with Crippen molar-refractivity contribution in [2.75, 3.05) is 13.2 Å². The predicted octanol–water partition coefficient (Wildman–Crippen LogP) is 6.37. The molecule has 0 bridgehead atoms. The number of aryl methyl sites for hydroxylation is 1. The average Bonchev–Trinajstić information content (AvgIpc) is 2.71. The van der Waals surface area contributed by atoms with E-state index in [0.29, 0.717) is 37.2 Å². The Kier molecular flexibility index (Phi) is 7.13. The van der Waals surface area contributed by atoms with E-state index < -0.39 is 17.5 Å². The molecule has 152 valence electrons. The molecule has 1 heterocycles. The molecule has 2 aromatic carbocycles. The van der Waals surface area contributed by atoms with E-state index in [1.54, 1.807) is 6.07 Å². The van der Waals surface area contributed by atoms with E-state index in [9.17, 15) is 13.2 Å². The van der Waals surface area contributed by atoms with Crippen molar-refractivity contribution in [1.29, 1.82) is 0 Å². The molecule has 5 heteroatoms. The molecular formula is C23H27F3O2. The van der Waals surface area contributed by atoms with Gasteiger partial charge in [0, 0.05) is 17.7 Å². The molecular weight excluding hydrogens is 365 g/mol. The highest BCUT2D eigenvalue weighted by molar-refractivity contribution is 5.66. The van der Waals surface area contributed by atoms with E-state index in [2.05, 4.69) is 6.92 Å².